The zero-order valence-corrected chi connectivity index (χ0v) is 18.6. The number of benzene rings is 3. The maximum absolute atomic E-state index is 12.7. The number of methoxy groups -OCH3 is 1. The van der Waals surface area contributed by atoms with E-state index < -0.39 is 20.6 Å². The predicted molar refractivity (Wildman–Crippen MR) is 124 cm³/mol. The monoisotopic (exact) mass is 474 g/mol. The Balaban J connectivity index is 1.87. The van der Waals surface area contributed by atoms with Crippen molar-refractivity contribution in [3.05, 3.63) is 87.4 Å². The summed E-state index contributed by atoms with van der Waals surface area (Å²) in [5.74, 6) is 0.644. The van der Waals surface area contributed by atoms with Crippen LogP contribution in [0.4, 0.5) is 17.1 Å². The number of nitrogens with zero attached hydrogens (tertiary/aromatic N) is 2. The van der Waals surface area contributed by atoms with E-state index in [1.807, 2.05) is 6.07 Å². The van der Waals surface area contributed by atoms with Crippen molar-refractivity contribution in [3.8, 4) is 5.75 Å². The van der Waals surface area contributed by atoms with Crippen LogP contribution >= 0.6 is 11.6 Å². The van der Waals surface area contributed by atoms with Crippen LogP contribution in [0.5, 0.6) is 5.75 Å². The van der Waals surface area contributed by atoms with E-state index in [1.54, 1.807) is 32.2 Å². The van der Waals surface area contributed by atoms with Gasteiger partial charge < -0.3 is 4.74 Å². The molecule has 0 aliphatic heterocycles. The van der Waals surface area contributed by atoms with Crippen LogP contribution in [-0.2, 0) is 10.0 Å². The van der Waals surface area contributed by atoms with Crippen molar-refractivity contribution in [2.45, 2.75) is 11.8 Å². The Morgan fingerprint density at radius 1 is 1.09 bits per heavy atom. The smallest absolute Gasteiger partial charge is 0.295 e. The molecule has 0 spiro atoms. The summed E-state index contributed by atoms with van der Waals surface area (Å²) in [6.07, 6.45) is 0. The first-order valence-corrected chi connectivity index (χ1v) is 11.1. The molecule has 0 bridgehead atoms. The third-order valence-corrected chi connectivity index (χ3v) is 6.04. The van der Waals surface area contributed by atoms with Crippen molar-refractivity contribution in [1.29, 1.82) is 0 Å². The second-order valence-corrected chi connectivity index (χ2v) is 8.71. The number of hydrogen-bond acceptors (Lipinski definition) is 7. The summed E-state index contributed by atoms with van der Waals surface area (Å²) in [5, 5.41) is 16.2. The minimum atomic E-state index is -4.06. The predicted octanol–water partition coefficient (Wildman–Crippen LogP) is 4.89. The number of nitrogens with one attached hydrogen (secondary N) is 2. The van der Waals surface area contributed by atoms with Crippen LogP contribution < -0.4 is 14.9 Å². The van der Waals surface area contributed by atoms with Gasteiger partial charge >= 0.3 is 0 Å². The number of nitro benzene ring substituents is 1. The molecule has 11 heteroatoms. The van der Waals surface area contributed by atoms with E-state index >= 15 is 0 Å². The number of anilines is 2. The highest BCUT2D eigenvalue weighted by Gasteiger charge is 2.21. The molecule has 0 heterocycles. The van der Waals surface area contributed by atoms with Crippen LogP contribution in [0.2, 0.25) is 5.02 Å². The summed E-state index contributed by atoms with van der Waals surface area (Å²) < 4.78 is 32.9. The molecule has 0 aliphatic rings. The second kappa shape index (κ2) is 9.67. The van der Waals surface area contributed by atoms with E-state index in [2.05, 4.69) is 15.2 Å². The van der Waals surface area contributed by atoms with Crippen LogP contribution in [0, 0.1) is 10.1 Å². The van der Waals surface area contributed by atoms with Crippen molar-refractivity contribution < 1.29 is 18.1 Å². The van der Waals surface area contributed by atoms with Crippen molar-refractivity contribution >= 4 is 44.4 Å². The molecule has 0 amide bonds. The summed E-state index contributed by atoms with van der Waals surface area (Å²) in [5.41, 5.74) is 3.83. The van der Waals surface area contributed by atoms with E-state index in [4.69, 9.17) is 16.3 Å². The van der Waals surface area contributed by atoms with Gasteiger partial charge in [-0.15, -0.1) is 0 Å². The molecule has 0 fully saturated rings. The highest BCUT2D eigenvalue weighted by molar-refractivity contribution is 7.92. The SMILES string of the molecule is COc1cccc(C(C)=NNc2ccc(S(=O)(=O)Nc3ccc(Cl)cc3)cc2[N+](=O)[O-])c1. The fourth-order valence-corrected chi connectivity index (χ4v) is 3.92. The topological polar surface area (TPSA) is 123 Å². The van der Waals surface area contributed by atoms with Gasteiger partial charge in [-0.25, -0.2) is 8.42 Å². The average molecular weight is 475 g/mol. The zero-order valence-electron chi connectivity index (χ0n) is 17.1. The third-order valence-electron chi connectivity index (χ3n) is 4.40. The molecular formula is C21H19ClN4O5S. The van der Waals surface area contributed by atoms with E-state index in [-0.39, 0.29) is 16.3 Å². The van der Waals surface area contributed by atoms with E-state index in [9.17, 15) is 18.5 Å². The normalized spacial score (nSPS) is 11.7. The Labute approximate surface area is 189 Å². The Morgan fingerprint density at radius 3 is 2.47 bits per heavy atom. The van der Waals surface area contributed by atoms with E-state index in [1.165, 1.54) is 36.4 Å². The molecule has 9 nitrogen and oxygen atoms in total. The van der Waals surface area contributed by atoms with Crippen molar-refractivity contribution in [2.75, 3.05) is 17.3 Å². The number of sulfonamides is 1. The minimum Gasteiger partial charge on any atom is -0.497 e. The maximum Gasteiger partial charge on any atom is 0.295 e. The Morgan fingerprint density at radius 2 is 1.81 bits per heavy atom. The molecule has 0 saturated heterocycles. The summed E-state index contributed by atoms with van der Waals surface area (Å²) in [4.78, 5) is 10.6. The molecule has 3 aromatic rings. The van der Waals surface area contributed by atoms with Gasteiger partial charge in [0.25, 0.3) is 15.7 Å². The van der Waals surface area contributed by atoms with Gasteiger partial charge in [-0.3, -0.25) is 20.3 Å². The van der Waals surface area contributed by atoms with Gasteiger partial charge in [0.15, 0.2) is 0 Å². The quantitative estimate of drug-likeness (QED) is 0.272. The molecule has 32 heavy (non-hydrogen) atoms. The average Bonchev–Trinajstić information content (AvgIpc) is 2.78. The van der Waals surface area contributed by atoms with Gasteiger partial charge in [-0.05, 0) is 55.5 Å². The van der Waals surface area contributed by atoms with Crippen molar-refractivity contribution in [1.82, 2.24) is 0 Å². The lowest BCUT2D eigenvalue weighted by molar-refractivity contribution is -0.384. The lowest BCUT2D eigenvalue weighted by Crippen LogP contribution is -2.13. The highest BCUT2D eigenvalue weighted by Crippen LogP contribution is 2.29. The molecular weight excluding hydrogens is 456 g/mol. The molecule has 0 atom stereocenters. The maximum atomic E-state index is 12.7. The van der Waals surface area contributed by atoms with Gasteiger partial charge in [0.1, 0.15) is 11.4 Å². The standard InChI is InChI=1S/C21H19ClN4O5S/c1-14(15-4-3-5-18(12-15)31-2)23-24-20-11-10-19(13-21(20)26(27)28)32(29,30)25-17-8-6-16(22)7-9-17/h3-13,24-25H,1-2H3. The molecule has 0 aromatic heterocycles. The summed E-state index contributed by atoms with van der Waals surface area (Å²) >= 11 is 5.80. The van der Waals surface area contributed by atoms with Crippen LogP contribution in [0.15, 0.2) is 76.7 Å². The molecule has 166 valence electrons. The molecule has 3 rings (SSSR count). The molecule has 2 N–H and O–H groups in total. The van der Waals surface area contributed by atoms with E-state index in [0.29, 0.717) is 16.5 Å². The summed E-state index contributed by atoms with van der Waals surface area (Å²) in [6.45, 7) is 1.72. The van der Waals surface area contributed by atoms with Crippen LogP contribution in [0.1, 0.15) is 12.5 Å². The number of nitro groups is 1. The van der Waals surface area contributed by atoms with Crippen LogP contribution in [-0.4, -0.2) is 26.2 Å². The first-order chi connectivity index (χ1) is 15.2. The molecule has 0 radical (unpaired) electrons. The minimum absolute atomic E-state index is 0.0442. The van der Waals surface area contributed by atoms with Gasteiger partial charge in [-0.2, -0.15) is 5.10 Å². The number of halogens is 1. The first-order valence-electron chi connectivity index (χ1n) is 9.21. The van der Waals surface area contributed by atoms with Crippen LogP contribution in [0.25, 0.3) is 0 Å². The Hall–Kier alpha value is -3.63. The number of hydrazone groups is 1. The number of hydrogen-bond donors (Lipinski definition) is 2. The largest absolute Gasteiger partial charge is 0.497 e. The summed E-state index contributed by atoms with van der Waals surface area (Å²) in [7, 11) is -2.51. The molecule has 3 aromatic carbocycles. The van der Waals surface area contributed by atoms with Crippen molar-refractivity contribution in [3.63, 3.8) is 0 Å². The molecule has 0 saturated carbocycles. The number of rotatable bonds is 8. The second-order valence-electron chi connectivity index (χ2n) is 6.59. The highest BCUT2D eigenvalue weighted by atomic mass is 35.5. The van der Waals surface area contributed by atoms with Gasteiger partial charge in [0.2, 0.25) is 0 Å². The summed E-state index contributed by atoms with van der Waals surface area (Å²) in [6, 6.07) is 16.7. The van der Waals surface area contributed by atoms with Gasteiger partial charge in [0, 0.05) is 22.3 Å². The number of ether oxygens (including phenoxy) is 1. The first kappa shape index (κ1) is 23.0. The lowest BCUT2D eigenvalue weighted by Gasteiger charge is -2.10. The molecule has 0 unspecified atom stereocenters. The van der Waals surface area contributed by atoms with Gasteiger partial charge in [-0.1, -0.05) is 23.7 Å². The van der Waals surface area contributed by atoms with Crippen molar-refractivity contribution in [2.24, 2.45) is 5.10 Å². The van der Waals surface area contributed by atoms with E-state index in [0.717, 1.165) is 11.6 Å². The third kappa shape index (κ3) is 5.54. The lowest BCUT2D eigenvalue weighted by atomic mass is 10.1. The fraction of sp³-hybridized carbons (Fsp3) is 0.0952. The zero-order chi connectivity index (χ0) is 23.3. The Bertz CT molecular complexity index is 1280. The Kier molecular flexibility index (Phi) is 6.96. The fourth-order valence-electron chi connectivity index (χ4n) is 2.71. The van der Waals surface area contributed by atoms with Crippen LogP contribution in [0.3, 0.4) is 0 Å². The molecule has 0 aliphatic carbocycles. The van der Waals surface area contributed by atoms with Gasteiger partial charge in [0.05, 0.1) is 22.6 Å².